The lowest BCUT2D eigenvalue weighted by Gasteiger charge is -2.17. The maximum absolute atomic E-state index is 4.04. The van der Waals surface area contributed by atoms with E-state index in [0.717, 1.165) is 13.0 Å². The van der Waals surface area contributed by atoms with Gasteiger partial charge in [-0.1, -0.05) is 12.5 Å². The summed E-state index contributed by atoms with van der Waals surface area (Å²) in [5, 5.41) is 3.71. The van der Waals surface area contributed by atoms with Gasteiger partial charge in [0.2, 0.25) is 0 Å². The van der Waals surface area contributed by atoms with Crippen LogP contribution in [-0.4, -0.2) is 12.3 Å². The minimum absolute atomic E-state index is 0.525. The molecule has 0 fully saturated rings. The summed E-state index contributed by atoms with van der Waals surface area (Å²) in [6.07, 6.45) is 4.77. The Kier molecular flexibility index (Phi) is 5.99. The monoisotopic (exact) mass is 295 g/mol. The molecule has 2 heterocycles. The summed E-state index contributed by atoms with van der Waals surface area (Å²) in [6, 6.07) is 2.98. The van der Waals surface area contributed by atoms with Crippen molar-refractivity contribution in [3.63, 3.8) is 0 Å². The molecule has 0 bridgehead atoms. The zero-order valence-electron chi connectivity index (χ0n) is 12.1. The number of thioether (sulfide) groups is 1. The van der Waals surface area contributed by atoms with Gasteiger partial charge in [-0.3, -0.25) is 0 Å². The predicted molar refractivity (Wildman–Crippen MR) is 89.3 cm³/mol. The van der Waals surface area contributed by atoms with Crippen molar-refractivity contribution in [1.82, 2.24) is 5.32 Å². The molecule has 0 saturated heterocycles. The lowest BCUT2D eigenvalue weighted by molar-refractivity contribution is 0.505. The molecule has 0 saturated carbocycles. The molecule has 1 aromatic heterocycles. The van der Waals surface area contributed by atoms with E-state index in [-0.39, 0.29) is 0 Å². The van der Waals surface area contributed by atoms with Crippen molar-refractivity contribution in [2.45, 2.75) is 51.3 Å². The molecule has 1 nitrogen and oxygen atoms in total. The highest BCUT2D eigenvalue weighted by Crippen LogP contribution is 2.36. The Morgan fingerprint density at radius 2 is 2.37 bits per heavy atom. The second-order valence-electron chi connectivity index (χ2n) is 5.40. The third kappa shape index (κ3) is 4.37. The van der Waals surface area contributed by atoms with Gasteiger partial charge in [0.05, 0.1) is 0 Å². The minimum Gasteiger partial charge on any atom is -0.309 e. The van der Waals surface area contributed by atoms with Gasteiger partial charge in [0.1, 0.15) is 0 Å². The quantitative estimate of drug-likeness (QED) is 0.715. The fraction of sp³-hybridized carbons (Fsp3) is 0.625. The van der Waals surface area contributed by atoms with Crippen molar-refractivity contribution in [3.05, 3.63) is 33.5 Å². The van der Waals surface area contributed by atoms with Gasteiger partial charge in [-0.25, -0.2) is 0 Å². The molecule has 0 aliphatic carbocycles. The summed E-state index contributed by atoms with van der Waals surface area (Å²) in [6.45, 7) is 9.51. The average Bonchev–Trinajstić information content (AvgIpc) is 2.82. The number of thiophene rings is 1. The normalized spacial score (nSPS) is 16.1. The average molecular weight is 296 g/mol. The first-order valence-electron chi connectivity index (χ1n) is 7.27. The van der Waals surface area contributed by atoms with Gasteiger partial charge in [0.15, 0.2) is 0 Å². The molecule has 1 unspecified atom stereocenters. The van der Waals surface area contributed by atoms with Crippen LogP contribution in [0.3, 0.4) is 0 Å². The fourth-order valence-corrected chi connectivity index (χ4v) is 4.88. The van der Waals surface area contributed by atoms with Crippen LogP contribution in [0.25, 0.3) is 0 Å². The largest absolute Gasteiger partial charge is 0.309 e. The first kappa shape index (κ1) is 15.1. The van der Waals surface area contributed by atoms with Crippen molar-refractivity contribution in [3.8, 4) is 0 Å². The molecule has 1 N–H and O–H groups in total. The van der Waals surface area contributed by atoms with Crippen LogP contribution >= 0.6 is 23.1 Å². The molecule has 3 heteroatoms. The molecule has 1 aromatic rings. The first-order valence-corrected chi connectivity index (χ1v) is 9.24. The van der Waals surface area contributed by atoms with Crippen molar-refractivity contribution in [1.29, 1.82) is 0 Å². The maximum atomic E-state index is 4.04. The molecular weight excluding hydrogens is 270 g/mol. The van der Waals surface area contributed by atoms with Crippen LogP contribution in [0, 0.1) is 0 Å². The lowest BCUT2D eigenvalue weighted by Crippen LogP contribution is -2.21. The summed E-state index contributed by atoms with van der Waals surface area (Å²) < 4.78 is 0. The van der Waals surface area contributed by atoms with E-state index in [1.54, 1.807) is 15.3 Å². The van der Waals surface area contributed by atoms with Gasteiger partial charge in [-0.2, -0.15) is 11.8 Å². The number of aryl methyl sites for hydroxylation is 1. The Morgan fingerprint density at radius 1 is 1.53 bits per heavy atom. The van der Waals surface area contributed by atoms with Gasteiger partial charge in [0.25, 0.3) is 0 Å². The van der Waals surface area contributed by atoms with E-state index >= 15 is 0 Å². The predicted octanol–water partition coefficient (Wildman–Crippen LogP) is 4.93. The SMILES string of the molecule is C=C(C)CCC(NCCC)c1cc2c(s1)CCSC2. The molecule has 0 spiro atoms. The van der Waals surface area contributed by atoms with E-state index in [2.05, 4.69) is 43.6 Å². The van der Waals surface area contributed by atoms with E-state index < -0.39 is 0 Å². The molecule has 0 aromatic carbocycles. The molecule has 2 rings (SSSR count). The highest BCUT2D eigenvalue weighted by molar-refractivity contribution is 7.98. The highest BCUT2D eigenvalue weighted by Gasteiger charge is 2.18. The number of nitrogens with one attached hydrogen (secondary N) is 1. The van der Waals surface area contributed by atoms with Crippen LogP contribution in [0.1, 0.15) is 54.5 Å². The molecule has 0 radical (unpaired) electrons. The topological polar surface area (TPSA) is 12.0 Å². The molecular formula is C16H25NS2. The van der Waals surface area contributed by atoms with E-state index in [4.69, 9.17) is 0 Å². The number of hydrogen-bond donors (Lipinski definition) is 1. The van der Waals surface area contributed by atoms with E-state index in [0.29, 0.717) is 6.04 Å². The first-order chi connectivity index (χ1) is 9.20. The Bertz CT molecular complexity index is 399. The van der Waals surface area contributed by atoms with Gasteiger partial charge < -0.3 is 5.32 Å². The summed E-state index contributed by atoms with van der Waals surface area (Å²) in [5.41, 5.74) is 2.88. The second-order valence-corrected chi connectivity index (χ2v) is 7.68. The third-order valence-electron chi connectivity index (χ3n) is 3.49. The summed E-state index contributed by atoms with van der Waals surface area (Å²) in [5.74, 6) is 2.51. The zero-order chi connectivity index (χ0) is 13.7. The van der Waals surface area contributed by atoms with Crippen LogP contribution in [0.5, 0.6) is 0 Å². The van der Waals surface area contributed by atoms with Crippen molar-refractivity contribution in [2.75, 3.05) is 12.3 Å². The maximum Gasteiger partial charge on any atom is 0.0418 e. The molecule has 106 valence electrons. The fourth-order valence-electron chi connectivity index (χ4n) is 2.40. The van der Waals surface area contributed by atoms with Crippen LogP contribution in [-0.2, 0) is 12.2 Å². The molecule has 0 amide bonds. The number of rotatable bonds is 7. The van der Waals surface area contributed by atoms with Gasteiger partial charge in [-0.15, -0.1) is 17.9 Å². The molecule has 1 aliphatic heterocycles. The van der Waals surface area contributed by atoms with Crippen LogP contribution < -0.4 is 5.32 Å². The second kappa shape index (κ2) is 7.51. The van der Waals surface area contributed by atoms with E-state index in [1.165, 1.54) is 36.3 Å². The Balaban J connectivity index is 2.07. The van der Waals surface area contributed by atoms with E-state index in [1.807, 2.05) is 11.3 Å². The van der Waals surface area contributed by atoms with Crippen LogP contribution in [0.2, 0.25) is 0 Å². The summed E-state index contributed by atoms with van der Waals surface area (Å²) >= 11 is 4.11. The van der Waals surface area contributed by atoms with Gasteiger partial charge in [0, 0.05) is 21.5 Å². The van der Waals surface area contributed by atoms with Gasteiger partial charge in [-0.05, 0) is 56.5 Å². The number of fused-ring (bicyclic) bond motifs is 1. The van der Waals surface area contributed by atoms with Crippen molar-refractivity contribution in [2.24, 2.45) is 0 Å². The summed E-state index contributed by atoms with van der Waals surface area (Å²) in [7, 11) is 0. The molecule has 1 atom stereocenters. The Hall–Kier alpha value is -0.250. The standard InChI is InChI=1S/C16H25NS2/c1-4-8-17-14(6-5-12(2)3)16-10-13-11-18-9-7-15(13)19-16/h10,14,17H,2,4-9,11H2,1,3H3. The van der Waals surface area contributed by atoms with Crippen molar-refractivity contribution < 1.29 is 0 Å². The zero-order valence-corrected chi connectivity index (χ0v) is 13.8. The minimum atomic E-state index is 0.525. The number of hydrogen-bond acceptors (Lipinski definition) is 3. The van der Waals surface area contributed by atoms with Gasteiger partial charge >= 0.3 is 0 Å². The van der Waals surface area contributed by atoms with Crippen LogP contribution in [0.15, 0.2) is 18.2 Å². The Morgan fingerprint density at radius 3 is 3.05 bits per heavy atom. The summed E-state index contributed by atoms with van der Waals surface area (Å²) in [4.78, 5) is 3.18. The third-order valence-corrected chi connectivity index (χ3v) is 5.85. The Labute approximate surface area is 125 Å². The van der Waals surface area contributed by atoms with Crippen LogP contribution in [0.4, 0.5) is 0 Å². The van der Waals surface area contributed by atoms with Crippen molar-refractivity contribution >= 4 is 23.1 Å². The molecule has 19 heavy (non-hydrogen) atoms. The number of allylic oxidation sites excluding steroid dienone is 1. The smallest absolute Gasteiger partial charge is 0.0418 e. The molecule has 1 aliphatic rings. The lowest BCUT2D eigenvalue weighted by atomic mass is 10.1. The van der Waals surface area contributed by atoms with E-state index in [9.17, 15) is 0 Å². The highest BCUT2D eigenvalue weighted by atomic mass is 32.2.